The van der Waals surface area contributed by atoms with Gasteiger partial charge in [-0.1, -0.05) is 17.7 Å². The first kappa shape index (κ1) is 20.3. The number of aryl methyl sites for hydroxylation is 1. The smallest absolute Gasteiger partial charge is 0.270 e. The lowest BCUT2D eigenvalue weighted by Crippen LogP contribution is -2.41. The molecule has 0 spiro atoms. The Morgan fingerprint density at radius 3 is 2.50 bits per heavy atom. The van der Waals surface area contributed by atoms with Gasteiger partial charge >= 0.3 is 0 Å². The molecule has 0 saturated carbocycles. The first-order valence-electron chi connectivity index (χ1n) is 10.1. The highest BCUT2D eigenvalue weighted by Crippen LogP contribution is 2.22. The molecule has 0 bridgehead atoms. The quantitative estimate of drug-likeness (QED) is 0.681. The molecule has 7 heteroatoms. The van der Waals surface area contributed by atoms with Crippen LogP contribution in [0.4, 0.5) is 4.39 Å². The van der Waals surface area contributed by atoms with E-state index in [-0.39, 0.29) is 11.7 Å². The number of nitrogens with one attached hydrogen (secondary N) is 1. The van der Waals surface area contributed by atoms with Crippen LogP contribution in [-0.4, -0.2) is 60.0 Å². The largest absolute Gasteiger partial charge is 0.379 e. The molecule has 1 aliphatic rings. The number of amides is 1. The van der Waals surface area contributed by atoms with Gasteiger partial charge < -0.3 is 10.1 Å². The molecule has 2 aromatic carbocycles. The van der Waals surface area contributed by atoms with E-state index in [0.29, 0.717) is 17.9 Å². The van der Waals surface area contributed by atoms with Gasteiger partial charge in [0.2, 0.25) is 0 Å². The van der Waals surface area contributed by atoms with Crippen LogP contribution in [0.5, 0.6) is 0 Å². The van der Waals surface area contributed by atoms with Crippen LogP contribution < -0.4 is 5.32 Å². The van der Waals surface area contributed by atoms with Crippen LogP contribution in [0.2, 0.25) is 0 Å². The van der Waals surface area contributed by atoms with Crippen molar-refractivity contribution in [2.24, 2.45) is 0 Å². The molecular formula is C23H25FN4O2. The number of rotatable bonds is 6. The van der Waals surface area contributed by atoms with Crippen LogP contribution in [0.1, 0.15) is 16.1 Å². The molecule has 30 heavy (non-hydrogen) atoms. The van der Waals surface area contributed by atoms with Gasteiger partial charge in [-0.3, -0.25) is 9.69 Å². The van der Waals surface area contributed by atoms with E-state index in [2.05, 4.69) is 15.3 Å². The van der Waals surface area contributed by atoms with E-state index in [0.717, 1.165) is 49.7 Å². The molecule has 1 N–H and O–H groups in total. The summed E-state index contributed by atoms with van der Waals surface area (Å²) in [4.78, 5) is 15.2. The molecule has 0 atom stereocenters. The van der Waals surface area contributed by atoms with Gasteiger partial charge in [-0.15, -0.1) is 0 Å². The molecule has 3 aromatic rings. The van der Waals surface area contributed by atoms with Gasteiger partial charge in [-0.2, -0.15) is 5.10 Å². The van der Waals surface area contributed by atoms with Gasteiger partial charge in [0, 0.05) is 31.7 Å². The van der Waals surface area contributed by atoms with Crippen molar-refractivity contribution in [3.05, 3.63) is 71.7 Å². The van der Waals surface area contributed by atoms with E-state index in [9.17, 15) is 9.18 Å². The normalized spacial score (nSPS) is 14.6. The lowest BCUT2D eigenvalue weighted by molar-refractivity contribution is 0.0383. The number of nitrogens with zero attached hydrogens (tertiary/aromatic N) is 3. The Balaban J connectivity index is 1.56. The van der Waals surface area contributed by atoms with Crippen molar-refractivity contribution in [1.82, 2.24) is 20.0 Å². The zero-order valence-corrected chi connectivity index (χ0v) is 17.0. The number of hydrogen-bond acceptors (Lipinski definition) is 4. The van der Waals surface area contributed by atoms with Gasteiger partial charge in [-0.05, 0) is 49.4 Å². The maximum absolute atomic E-state index is 13.3. The van der Waals surface area contributed by atoms with E-state index >= 15 is 0 Å². The second-order valence-corrected chi connectivity index (χ2v) is 7.38. The summed E-state index contributed by atoms with van der Waals surface area (Å²) in [7, 11) is 0. The Labute approximate surface area is 175 Å². The summed E-state index contributed by atoms with van der Waals surface area (Å²) in [6.07, 6.45) is 0. The van der Waals surface area contributed by atoms with Crippen LogP contribution in [0, 0.1) is 12.7 Å². The fraction of sp³-hybridized carbons (Fsp3) is 0.304. The second kappa shape index (κ2) is 9.19. The third kappa shape index (κ3) is 4.75. The molecule has 6 nitrogen and oxygen atoms in total. The SMILES string of the molecule is Cc1ccc(-n2nc(-c3ccc(F)cc3)cc2C(=O)NCCN2CCOCC2)cc1. The zero-order chi connectivity index (χ0) is 20.9. The van der Waals surface area contributed by atoms with E-state index in [1.165, 1.54) is 12.1 Å². The van der Waals surface area contributed by atoms with E-state index in [1.807, 2.05) is 31.2 Å². The Hall–Kier alpha value is -3.03. The summed E-state index contributed by atoms with van der Waals surface area (Å²) in [5.41, 5.74) is 3.74. The standard InChI is InChI=1S/C23H25FN4O2/c1-17-2-8-20(9-3-17)28-22(16-21(26-28)18-4-6-19(24)7-5-18)23(29)25-10-11-27-12-14-30-15-13-27/h2-9,16H,10-15H2,1H3,(H,25,29). The summed E-state index contributed by atoms with van der Waals surface area (Å²) in [6.45, 7) is 6.56. The van der Waals surface area contributed by atoms with Crippen molar-refractivity contribution < 1.29 is 13.9 Å². The number of carbonyl (C=O) groups excluding carboxylic acids is 1. The molecule has 156 valence electrons. The molecule has 1 fully saturated rings. The number of halogens is 1. The predicted molar refractivity (Wildman–Crippen MR) is 113 cm³/mol. The highest BCUT2D eigenvalue weighted by molar-refractivity contribution is 5.94. The summed E-state index contributed by atoms with van der Waals surface area (Å²) in [6, 6.07) is 15.7. The fourth-order valence-corrected chi connectivity index (χ4v) is 3.43. The minimum atomic E-state index is -0.308. The first-order valence-corrected chi connectivity index (χ1v) is 10.1. The third-order valence-corrected chi connectivity index (χ3v) is 5.18. The summed E-state index contributed by atoms with van der Waals surface area (Å²) in [5.74, 6) is -0.498. The molecule has 0 aliphatic carbocycles. The first-order chi connectivity index (χ1) is 14.6. The molecule has 1 aromatic heterocycles. The number of morpholine rings is 1. The van der Waals surface area contributed by atoms with Crippen LogP contribution >= 0.6 is 0 Å². The maximum atomic E-state index is 13.3. The van der Waals surface area contributed by atoms with E-state index in [4.69, 9.17) is 4.74 Å². The van der Waals surface area contributed by atoms with E-state index in [1.54, 1.807) is 22.9 Å². The predicted octanol–water partition coefficient (Wildman–Crippen LogP) is 3.05. The molecule has 0 unspecified atom stereocenters. The van der Waals surface area contributed by atoms with Crippen molar-refractivity contribution in [3.8, 4) is 16.9 Å². The van der Waals surface area contributed by atoms with Gasteiger partial charge in [0.15, 0.2) is 0 Å². The molecule has 2 heterocycles. The minimum Gasteiger partial charge on any atom is -0.379 e. The molecule has 4 rings (SSSR count). The highest BCUT2D eigenvalue weighted by Gasteiger charge is 2.18. The molecule has 0 radical (unpaired) electrons. The molecule has 1 aliphatic heterocycles. The summed E-state index contributed by atoms with van der Waals surface area (Å²) in [5, 5.41) is 7.63. The van der Waals surface area contributed by atoms with Crippen LogP contribution in [0.25, 0.3) is 16.9 Å². The van der Waals surface area contributed by atoms with Crippen molar-refractivity contribution >= 4 is 5.91 Å². The Bertz CT molecular complexity index is 993. The lowest BCUT2D eigenvalue weighted by Gasteiger charge is -2.26. The van der Waals surface area contributed by atoms with Crippen molar-refractivity contribution in [1.29, 1.82) is 0 Å². The Morgan fingerprint density at radius 2 is 1.80 bits per heavy atom. The van der Waals surface area contributed by atoms with Gasteiger partial charge in [0.05, 0.1) is 24.6 Å². The van der Waals surface area contributed by atoms with Crippen molar-refractivity contribution in [2.45, 2.75) is 6.92 Å². The van der Waals surface area contributed by atoms with Gasteiger partial charge in [0.25, 0.3) is 5.91 Å². The number of benzene rings is 2. The van der Waals surface area contributed by atoms with Crippen LogP contribution in [-0.2, 0) is 4.74 Å². The van der Waals surface area contributed by atoms with Crippen LogP contribution in [0.15, 0.2) is 54.6 Å². The van der Waals surface area contributed by atoms with E-state index < -0.39 is 0 Å². The highest BCUT2D eigenvalue weighted by atomic mass is 19.1. The Morgan fingerprint density at radius 1 is 1.10 bits per heavy atom. The van der Waals surface area contributed by atoms with Crippen molar-refractivity contribution in [3.63, 3.8) is 0 Å². The number of aromatic nitrogens is 2. The summed E-state index contributed by atoms with van der Waals surface area (Å²) < 4.78 is 20.3. The van der Waals surface area contributed by atoms with Gasteiger partial charge in [-0.25, -0.2) is 9.07 Å². The Kier molecular flexibility index (Phi) is 6.21. The molecule has 1 amide bonds. The summed E-state index contributed by atoms with van der Waals surface area (Å²) >= 11 is 0. The molecular weight excluding hydrogens is 383 g/mol. The average molecular weight is 408 g/mol. The number of hydrogen-bond donors (Lipinski definition) is 1. The number of carbonyl (C=O) groups is 1. The second-order valence-electron chi connectivity index (χ2n) is 7.38. The monoisotopic (exact) mass is 408 g/mol. The van der Waals surface area contributed by atoms with Crippen molar-refractivity contribution in [2.75, 3.05) is 39.4 Å². The van der Waals surface area contributed by atoms with Crippen LogP contribution in [0.3, 0.4) is 0 Å². The average Bonchev–Trinajstić information content (AvgIpc) is 3.21. The lowest BCUT2D eigenvalue weighted by atomic mass is 10.1. The minimum absolute atomic E-state index is 0.190. The fourth-order valence-electron chi connectivity index (χ4n) is 3.43. The molecule has 1 saturated heterocycles. The third-order valence-electron chi connectivity index (χ3n) is 5.18. The zero-order valence-electron chi connectivity index (χ0n) is 17.0. The number of ether oxygens (including phenoxy) is 1. The van der Waals surface area contributed by atoms with Gasteiger partial charge in [0.1, 0.15) is 11.5 Å². The maximum Gasteiger partial charge on any atom is 0.270 e. The topological polar surface area (TPSA) is 59.4 Å².